The first kappa shape index (κ1) is 13.8. The minimum absolute atomic E-state index is 0. The molecular formula is C12H22Mg. The summed E-state index contributed by atoms with van der Waals surface area (Å²) in [7, 11) is 0. The average molecular weight is 191 g/mol. The molecule has 2 aliphatic rings. The smallest absolute Gasteiger partial charge is 0.317 e. The second-order valence-electron chi connectivity index (χ2n) is 4.33. The maximum Gasteiger partial charge on any atom is 2.00 e. The molecule has 2 rings (SSSR count). The Morgan fingerprint density at radius 3 is 0.923 bits per heavy atom. The van der Waals surface area contributed by atoms with E-state index in [0.717, 1.165) is 0 Å². The van der Waals surface area contributed by atoms with E-state index < -0.39 is 0 Å². The van der Waals surface area contributed by atoms with E-state index in [-0.39, 0.29) is 23.1 Å². The van der Waals surface area contributed by atoms with E-state index in [9.17, 15) is 0 Å². The van der Waals surface area contributed by atoms with Crippen LogP contribution in [0.25, 0.3) is 0 Å². The van der Waals surface area contributed by atoms with Crippen molar-refractivity contribution in [1.29, 1.82) is 0 Å². The number of hydrogen-bond acceptors (Lipinski definition) is 0. The molecule has 0 unspecified atom stereocenters. The van der Waals surface area contributed by atoms with Gasteiger partial charge in [0.25, 0.3) is 0 Å². The Morgan fingerprint density at radius 2 is 0.846 bits per heavy atom. The quantitative estimate of drug-likeness (QED) is 0.401. The van der Waals surface area contributed by atoms with Gasteiger partial charge in [0.05, 0.1) is 0 Å². The normalized spacial score (nSPS) is 23.5. The summed E-state index contributed by atoms with van der Waals surface area (Å²) in [5.41, 5.74) is 0. The largest absolute Gasteiger partial charge is 2.00 e. The van der Waals surface area contributed by atoms with Crippen molar-refractivity contribution in [2.24, 2.45) is 0 Å². The molecule has 0 nitrogen and oxygen atoms in total. The predicted molar refractivity (Wildman–Crippen MR) is 60.5 cm³/mol. The van der Waals surface area contributed by atoms with Gasteiger partial charge in [-0.3, -0.25) is 0 Å². The topological polar surface area (TPSA) is 0 Å². The molecule has 0 aromatic heterocycles. The van der Waals surface area contributed by atoms with E-state index in [1.165, 1.54) is 51.4 Å². The van der Waals surface area contributed by atoms with Gasteiger partial charge in [0.2, 0.25) is 0 Å². The van der Waals surface area contributed by atoms with Crippen molar-refractivity contribution >= 4 is 23.1 Å². The Kier molecular flexibility index (Phi) is 8.58. The molecule has 0 spiro atoms. The summed E-state index contributed by atoms with van der Waals surface area (Å²) in [6.45, 7) is 4.51. The first-order valence-corrected chi connectivity index (χ1v) is 5.41. The molecule has 0 amide bonds. The molecule has 0 heterocycles. The summed E-state index contributed by atoms with van der Waals surface area (Å²) in [6, 6.07) is 0. The Labute approximate surface area is 100 Å². The minimum atomic E-state index is 0. The molecular weight excluding hydrogens is 168 g/mol. The standard InChI is InChI=1S/2C6H11.Mg/c2*1-6-4-2-3-5-6;/h2*2-5H2,1H3;/q2*-1;+2. The molecule has 0 bridgehead atoms. The van der Waals surface area contributed by atoms with Crippen LogP contribution in [0.15, 0.2) is 0 Å². The van der Waals surface area contributed by atoms with E-state index >= 15 is 0 Å². The van der Waals surface area contributed by atoms with Crippen LogP contribution in [-0.2, 0) is 0 Å². The van der Waals surface area contributed by atoms with Gasteiger partial charge in [0, 0.05) is 0 Å². The molecule has 2 saturated carbocycles. The van der Waals surface area contributed by atoms with Gasteiger partial charge in [-0.1, -0.05) is 25.7 Å². The third-order valence-corrected chi connectivity index (χ3v) is 2.91. The molecule has 0 atom stereocenters. The maximum absolute atomic E-state index is 2.26. The van der Waals surface area contributed by atoms with Crippen LogP contribution in [0.4, 0.5) is 0 Å². The summed E-state index contributed by atoms with van der Waals surface area (Å²) in [6.07, 6.45) is 11.4. The number of rotatable bonds is 0. The van der Waals surface area contributed by atoms with Gasteiger partial charge in [0.15, 0.2) is 0 Å². The van der Waals surface area contributed by atoms with Crippen molar-refractivity contribution in [3.8, 4) is 0 Å². The van der Waals surface area contributed by atoms with Crippen LogP contribution in [0.1, 0.15) is 65.2 Å². The van der Waals surface area contributed by atoms with Crippen LogP contribution in [0, 0.1) is 11.8 Å². The SMILES string of the molecule is C[C-]1CCCC1.C[C-]1CCCC1.[Mg+2]. The molecule has 0 aromatic carbocycles. The fraction of sp³-hybridized carbons (Fsp3) is 0.833. The average Bonchev–Trinajstić information content (AvgIpc) is 2.63. The monoisotopic (exact) mass is 190 g/mol. The molecule has 2 fully saturated rings. The molecule has 72 valence electrons. The van der Waals surface area contributed by atoms with Crippen LogP contribution in [0.5, 0.6) is 0 Å². The van der Waals surface area contributed by atoms with Crippen molar-refractivity contribution < 1.29 is 0 Å². The van der Waals surface area contributed by atoms with Crippen molar-refractivity contribution in [3.05, 3.63) is 11.8 Å². The van der Waals surface area contributed by atoms with Gasteiger partial charge >= 0.3 is 23.1 Å². The third kappa shape index (κ3) is 6.79. The van der Waals surface area contributed by atoms with Crippen molar-refractivity contribution in [3.63, 3.8) is 0 Å². The van der Waals surface area contributed by atoms with Crippen LogP contribution >= 0.6 is 0 Å². The molecule has 0 N–H and O–H groups in total. The molecule has 0 saturated heterocycles. The summed E-state index contributed by atoms with van der Waals surface area (Å²) in [5, 5.41) is 0. The van der Waals surface area contributed by atoms with Crippen LogP contribution < -0.4 is 0 Å². The van der Waals surface area contributed by atoms with Crippen molar-refractivity contribution in [2.45, 2.75) is 65.2 Å². The van der Waals surface area contributed by atoms with Crippen LogP contribution in [-0.4, -0.2) is 23.1 Å². The second-order valence-corrected chi connectivity index (χ2v) is 4.33. The zero-order valence-corrected chi connectivity index (χ0v) is 10.8. The Balaban J connectivity index is 0.000000206. The predicted octanol–water partition coefficient (Wildman–Crippen LogP) is 3.93. The fourth-order valence-corrected chi connectivity index (χ4v) is 1.96. The Morgan fingerprint density at radius 1 is 0.615 bits per heavy atom. The minimum Gasteiger partial charge on any atom is -0.317 e. The van der Waals surface area contributed by atoms with E-state index in [4.69, 9.17) is 0 Å². The van der Waals surface area contributed by atoms with Crippen LogP contribution in [0.3, 0.4) is 0 Å². The second kappa shape index (κ2) is 8.11. The van der Waals surface area contributed by atoms with Gasteiger partial charge in [0.1, 0.15) is 0 Å². The zero-order valence-electron chi connectivity index (χ0n) is 9.36. The summed E-state index contributed by atoms with van der Waals surface area (Å²) < 4.78 is 0. The van der Waals surface area contributed by atoms with E-state index in [2.05, 4.69) is 13.8 Å². The summed E-state index contributed by atoms with van der Waals surface area (Å²) >= 11 is 0. The first-order chi connectivity index (χ1) is 5.79. The molecule has 1 heteroatoms. The molecule has 13 heavy (non-hydrogen) atoms. The van der Waals surface area contributed by atoms with Gasteiger partial charge in [-0.05, 0) is 0 Å². The zero-order chi connectivity index (χ0) is 8.81. The number of hydrogen-bond donors (Lipinski definition) is 0. The maximum atomic E-state index is 2.26. The molecule has 0 radical (unpaired) electrons. The van der Waals surface area contributed by atoms with E-state index in [1.54, 1.807) is 11.8 Å². The fourth-order valence-electron chi connectivity index (χ4n) is 1.96. The Bertz CT molecular complexity index is 85.7. The van der Waals surface area contributed by atoms with Gasteiger partial charge in [-0.15, -0.1) is 0 Å². The van der Waals surface area contributed by atoms with Gasteiger partial charge < -0.3 is 11.8 Å². The third-order valence-electron chi connectivity index (χ3n) is 2.91. The van der Waals surface area contributed by atoms with E-state index in [0.29, 0.717) is 0 Å². The van der Waals surface area contributed by atoms with Gasteiger partial charge in [-0.2, -0.15) is 39.5 Å². The molecule has 0 aromatic rings. The first-order valence-electron chi connectivity index (χ1n) is 5.41. The summed E-state index contributed by atoms with van der Waals surface area (Å²) in [4.78, 5) is 0. The Hall–Kier alpha value is 0.766. The van der Waals surface area contributed by atoms with E-state index in [1.807, 2.05) is 0 Å². The van der Waals surface area contributed by atoms with Crippen molar-refractivity contribution in [1.82, 2.24) is 0 Å². The summed E-state index contributed by atoms with van der Waals surface area (Å²) in [5.74, 6) is 3.41. The molecule has 0 aliphatic heterocycles. The molecule has 2 aliphatic carbocycles. The van der Waals surface area contributed by atoms with Crippen LogP contribution in [0.2, 0.25) is 0 Å². The van der Waals surface area contributed by atoms with Crippen molar-refractivity contribution in [2.75, 3.05) is 0 Å². The van der Waals surface area contributed by atoms with Gasteiger partial charge in [-0.25, -0.2) is 0 Å².